The normalized spacial score (nSPS) is 14.6. The fourth-order valence-corrected chi connectivity index (χ4v) is 2.84. The van der Waals surface area contributed by atoms with Crippen molar-refractivity contribution in [3.8, 4) is 0 Å². The van der Waals surface area contributed by atoms with Crippen LogP contribution in [-0.2, 0) is 9.13 Å². The molecule has 7 nitrogen and oxygen atoms in total. The molecule has 0 fully saturated rings. The van der Waals surface area contributed by atoms with Crippen molar-refractivity contribution < 1.29 is 33.1 Å². The molecule has 0 saturated heterocycles. The SMILES string of the molecule is NCCC(F)(P(=O)(O)O)P(=O)(O)O. The lowest BCUT2D eigenvalue weighted by molar-refractivity contribution is 0.216. The molecule has 10 heteroatoms. The molecule has 13 heavy (non-hydrogen) atoms. The smallest absolute Gasteiger partial charge is 0.330 e. The molecule has 0 aliphatic carbocycles. The van der Waals surface area contributed by atoms with Crippen molar-refractivity contribution in [1.82, 2.24) is 0 Å². The van der Waals surface area contributed by atoms with E-state index in [2.05, 4.69) is 0 Å². The lowest BCUT2D eigenvalue weighted by atomic mass is 10.5. The summed E-state index contributed by atoms with van der Waals surface area (Å²) < 4.78 is 34.1. The van der Waals surface area contributed by atoms with Crippen LogP contribution in [0.2, 0.25) is 0 Å². The molecule has 0 atom stereocenters. The van der Waals surface area contributed by atoms with Crippen molar-refractivity contribution in [1.29, 1.82) is 0 Å². The minimum absolute atomic E-state index is 0.577. The lowest BCUT2D eigenvalue weighted by Gasteiger charge is -2.25. The first kappa shape index (κ1) is 13.2. The van der Waals surface area contributed by atoms with Gasteiger partial charge in [0, 0.05) is 6.42 Å². The second-order valence-corrected chi connectivity index (χ2v) is 6.29. The summed E-state index contributed by atoms with van der Waals surface area (Å²) in [4.78, 5) is 33.6. The van der Waals surface area contributed by atoms with Crippen LogP contribution in [0.5, 0.6) is 0 Å². The van der Waals surface area contributed by atoms with Gasteiger partial charge >= 0.3 is 20.3 Å². The maximum Gasteiger partial charge on any atom is 0.375 e. The number of nitrogens with two attached hydrogens (primary N) is 1. The average Bonchev–Trinajstić information content (AvgIpc) is 1.82. The molecule has 0 heterocycles. The van der Waals surface area contributed by atoms with Gasteiger partial charge in [-0.2, -0.15) is 0 Å². The minimum Gasteiger partial charge on any atom is -0.330 e. The van der Waals surface area contributed by atoms with Gasteiger partial charge in [-0.05, 0) is 6.54 Å². The van der Waals surface area contributed by atoms with Gasteiger partial charge in [0.1, 0.15) is 0 Å². The van der Waals surface area contributed by atoms with E-state index in [1.165, 1.54) is 0 Å². The topological polar surface area (TPSA) is 141 Å². The molecule has 0 bridgehead atoms. The predicted molar refractivity (Wildman–Crippen MR) is 41.6 cm³/mol. The summed E-state index contributed by atoms with van der Waals surface area (Å²) in [6, 6.07) is 0. The molecule has 0 radical (unpaired) electrons. The van der Waals surface area contributed by atoms with E-state index >= 15 is 0 Å². The van der Waals surface area contributed by atoms with E-state index in [4.69, 9.17) is 25.3 Å². The minimum atomic E-state index is -5.54. The quantitative estimate of drug-likeness (QED) is 0.407. The highest BCUT2D eigenvalue weighted by molar-refractivity contribution is 7.72. The van der Waals surface area contributed by atoms with Crippen LogP contribution in [0.1, 0.15) is 6.42 Å². The number of halogens is 1. The Morgan fingerprint density at radius 1 is 1.15 bits per heavy atom. The third-order valence-corrected chi connectivity index (χ3v) is 5.15. The van der Waals surface area contributed by atoms with E-state index in [1.807, 2.05) is 0 Å². The fraction of sp³-hybridized carbons (Fsp3) is 1.00. The van der Waals surface area contributed by atoms with Crippen LogP contribution in [0.25, 0.3) is 0 Å². The van der Waals surface area contributed by atoms with Crippen molar-refractivity contribution in [3.63, 3.8) is 0 Å². The summed E-state index contributed by atoms with van der Waals surface area (Å²) in [7, 11) is -11.1. The highest BCUT2D eigenvalue weighted by atomic mass is 31.2. The van der Waals surface area contributed by atoms with Gasteiger partial charge in [-0.1, -0.05) is 0 Å². The summed E-state index contributed by atoms with van der Waals surface area (Å²) in [5.74, 6) is 0. The maximum absolute atomic E-state index is 13.2. The first-order chi connectivity index (χ1) is 5.56. The van der Waals surface area contributed by atoms with Crippen LogP contribution in [0.4, 0.5) is 4.39 Å². The second-order valence-electron chi connectivity index (χ2n) is 2.35. The maximum atomic E-state index is 13.2. The number of rotatable bonds is 4. The van der Waals surface area contributed by atoms with Gasteiger partial charge in [-0.15, -0.1) is 0 Å². The molecule has 6 N–H and O–H groups in total. The molecule has 0 aliphatic rings. The second kappa shape index (κ2) is 3.74. The first-order valence-corrected chi connectivity index (χ1v) is 6.29. The summed E-state index contributed by atoms with van der Waals surface area (Å²) in [6.45, 7) is -0.577. The van der Waals surface area contributed by atoms with Crippen molar-refractivity contribution in [3.05, 3.63) is 0 Å². The molecule has 0 amide bonds. The molecule has 0 aromatic rings. The Hall–Kier alpha value is 0.190. The van der Waals surface area contributed by atoms with Gasteiger partial charge in [0.2, 0.25) is 0 Å². The molecule has 0 aromatic carbocycles. The predicted octanol–water partition coefficient (Wildman–Crippen LogP) is -0.686. The Kier molecular flexibility index (Phi) is 3.80. The van der Waals surface area contributed by atoms with Gasteiger partial charge in [0.25, 0.3) is 0 Å². The molecular weight excluding hydrogens is 227 g/mol. The van der Waals surface area contributed by atoms with E-state index in [-0.39, 0.29) is 0 Å². The molecule has 0 unspecified atom stereocenters. The Morgan fingerprint density at radius 3 is 1.54 bits per heavy atom. The molecule has 0 aromatic heterocycles. The fourth-order valence-electron chi connectivity index (χ4n) is 0.645. The number of hydrogen-bond acceptors (Lipinski definition) is 3. The van der Waals surface area contributed by atoms with Crippen LogP contribution >= 0.6 is 15.2 Å². The van der Waals surface area contributed by atoms with Crippen molar-refractivity contribution in [2.75, 3.05) is 6.54 Å². The lowest BCUT2D eigenvalue weighted by Crippen LogP contribution is -2.26. The van der Waals surface area contributed by atoms with Crippen molar-refractivity contribution in [2.45, 2.75) is 11.6 Å². The standard InChI is InChI=1S/C3H10FNO6P2/c4-3(1-2-5,12(6,7)8)13(9,10)11/h1-2,5H2,(H2,6,7,8)(H2,9,10,11). The Bertz CT molecular complexity index is 247. The van der Waals surface area contributed by atoms with Crippen LogP contribution in [0, 0.1) is 0 Å². The monoisotopic (exact) mass is 237 g/mol. The molecule has 0 rings (SSSR count). The third-order valence-electron chi connectivity index (χ3n) is 1.36. The molecular formula is C3H10FNO6P2. The molecule has 0 spiro atoms. The molecule has 0 saturated carbocycles. The summed E-state index contributed by atoms with van der Waals surface area (Å²) in [5, 5.41) is -3.87. The van der Waals surface area contributed by atoms with Crippen LogP contribution in [0.15, 0.2) is 0 Å². The largest absolute Gasteiger partial charge is 0.375 e. The van der Waals surface area contributed by atoms with E-state index in [0.29, 0.717) is 0 Å². The van der Waals surface area contributed by atoms with Gasteiger partial charge in [-0.25, -0.2) is 4.39 Å². The van der Waals surface area contributed by atoms with Gasteiger partial charge in [0.05, 0.1) is 0 Å². The summed E-state index contributed by atoms with van der Waals surface area (Å²) >= 11 is 0. The zero-order valence-corrected chi connectivity index (χ0v) is 8.16. The zero-order chi connectivity index (χ0) is 10.9. The molecule has 0 aliphatic heterocycles. The van der Waals surface area contributed by atoms with Gasteiger partial charge < -0.3 is 25.3 Å². The Labute approximate surface area is 73.1 Å². The van der Waals surface area contributed by atoms with Crippen LogP contribution in [0.3, 0.4) is 0 Å². The van der Waals surface area contributed by atoms with Crippen molar-refractivity contribution in [2.24, 2.45) is 5.73 Å². The van der Waals surface area contributed by atoms with E-state index in [0.717, 1.165) is 0 Å². The zero-order valence-electron chi connectivity index (χ0n) is 6.37. The van der Waals surface area contributed by atoms with Gasteiger partial charge in [-0.3, -0.25) is 9.13 Å². The van der Waals surface area contributed by atoms with E-state index < -0.39 is 33.3 Å². The first-order valence-electron chi connectivity index (χ1n) is 3.06. The highest BCUT2D eigenvalue weighted by Gasteiger charge is 2.60. The number of alkyl halides is 1. The summed E-state index contributed by atoms with van der Waals surface area (Å²) in [5.41, 5.74) is 4.78. The van der Waals surface area contributed by atoms with E-state index in [1.54, 1.807) is 0 Å². The average molecular weight is 237 g/mol. The van der Waals surface area contributed by atoms with Crippen LogP contribution < -0.4 is 5.73 Å². The van der Waals surface area contributed by atoms with E-state index in [9.17, 15) is 13.5 Å². The molecule has 80 valence electrons. The Morgan fingerprint density at radius 2 is 1.46 bits per heavy atom. The Balaban J connectivity index is 5.22. The third kappa shape index (κ3) is 2.57. The highest BCUT2D eigenvalue weighted by Crippen LogP contribution is 2.71. The van der Waals surface area contributed by atoms with Gasteiger partial charge in [0.15, 0.2) is 0 Å². The summed E-state index contributed by atoms with van der Waals surface area (Å²) in [6.07, 6.45) is -1.10. The number of hydrogen-bond donors (Lipinski definition) is 5. The van der Waals surface area contributed by atoms with Crippen molar-refractivity contribution >= 4 is 15.2 Å². The van der Waals surface area contributed by atoms with Crippen LogP contribution in [-0.4, -0.2) is 31.3 Å².